The van der Waals surface area contributed by atoms with E-state index in [0.717, 1.165) is 56.2 Å². The van der Waals surface area contributed by atoms with Crippen LogP contribution in [0.15, 0.2) is 24.0 Å². The SMILES string of the molecule is COc1cc(C#N)ncc1CCN1CCC2(CC1)CCN(C1=CC(=O)OC1)CC2. The Kier molecular flexibility index (Phi) is 5.72. The van der Waals surface area contributed by atoms with E-state index in [2.05, 4.69) is 20.9 Å². The molecule has 0 atom stereocenters. The lowest BCUT2D eigenvalue weighted by molar-refractivity contribution is -0.135. The van der Waals surface area contributed by atoms with Crippen molar-refractivity contribution in [2.75, 3.05) is 46.4 Å². The normalized spacial score (nSPS) is 21.6. The second-order valence-electron chi connectivity index (χ2n) is 8.32. The van der Waals surface area contributed by atoms with Crippen molar-refractivity contribution in [3.05, 3.63) is 35.3 Å². The van der Waals surface area contributed by atoms with Gasteiger partial charge in [0.25, 0.3) is 0 Å². The molecule has 1 aromatic rings. The van der Waals surface area contributed by atoms with Crippen LogP contribution in [0, 0.1) is 16.7 Å². The Morgan fingerprint density at radius 1 is 1.24 bits per heavy atom. The highest BCUT2D eigenvalue weighted by Gasteiger charge is 2.38. The van der Waals surface area contributed by atoms with Crippen molar-refractivity contribution < 1.29 is 14.3 Å². The molecule has 4 rings (SSSR count). The molecule has 7 nitrogen and oxygen atoms in total. The van der Waals surface area contributed by atoms with Gasteiger partial charge in [-0.15, -0.1) is 0 Å². The number of nitriles is 1. The third-order valence-corrected chi connectivity index (χ3v) is 6.77. The molecule has 154 valence electrons. The van der Waals surface area contributed by atoms with Gasteiger partial charge in [-0.1, -0.05) is 0 Å². The molecule has 2 fully saturated rings. The number of rotatable bonds is 5. The summed E-state index contributed by atoms with van der Waals surface area (Å²) in [6.45, 7) is 5.71. The maximum atomic E-state index is 11.3. The number of hydrogen-bond donors (Lipinski definition) is 0. The number of carbonyl (C=O) groups excluding carboxylic acids is 1. The van der Waals surface area contributed by atoms with Crippen LogP contribution in [0.4, 0.5) is 0 Å². The lowest BCUT2D eigenvalue weighted by atomic mass is 9.71. The number of ether oxygens (including phenoxy) is 2. The van der Waals surface area contributed by atoms with Crippen molar-refractivity contribution in [3.63, 3.8) is 0 Å². The number of likely N-dealkylation sites (tertiary alicyclic amines) is 2. The molecule has 0 amide bonds. The highest BCUT2D eigenvalue weighted by molar-refractivity contribution is 5.85. The van der Waals surface area contributed by atoms with E-state index in [9.17, 15) is 4.79 Å². The van der Waals surface area contributed by atoms with Crippen molar-refractivity contribution >= 4 is 5.97 Å². The maximum absolute atomic E-state index is 11.3. The summed E-state index contributed by atoms with van der Waals surface area (Å²) in [5, 5.41) is 8.99. The summed E-state index contributed by atoms with van der Waals surface area (Å²) in [6.07, 6.45) is 9.15. The van der Waals surface area contributed by atoms with E-state index in [1.807, 2.05) is 0 Å². The molecule has 4 heterocycles. The molecule has 29 heavy (non-hydrogen) atoms. The summed E-state index contributed by atoms with van der Waals surface area (Å²) in [5.41, 5.74) is 2.94. The van der Waals surface area contributed by atoms with Crippen LogP contribution >= 0.6 is 0 Å². The number of nitrogens with zero attached hydrogens (tertiary/aromatic N) is 4. The van der Waals surface area contributed by atoms with E-state index >= 15 is 0 Å². The molecule has 0 radical (unpaired) electrons. The van der Waals surface area contributed by atoms with Gasteiger partial charge in [0.1, 0.15) is 24.1 Å². The number of carbonyl (C=O) groups is 1. The van der Waals surface area contributed by atoms with Gasteiger partial charge in [-0.3, -0.25) is 0 Å². The predicted molar refractivity (Wildman–Crippen MR) is 107 cm³/mol. The Labute approximate surface area is 171 Å². The van der Waals surface area contributed by atoms with Gasteiger partial charge in [-0.25, -0.2) is 9.78 Å². The van der Waals surface area contributed by atoms with Gasteiger partial charge in [-0.05, 0) is 50.6 Å². The van der Waals surface area contributed by atoms with Crippen molar-refractivity contribution in [3.8, 4) is 11.8 Å². The Morgan fingerprint density at radius 2 is 1.97 bits per heavy atom. The molecule has 0 aromatic carbocycles. The number of hydrogen-bond acceptors (Lipinski definition) is 7. The summed E-state index contributed by atoms with van der Waals surface area (Å²) in [5.74, 6) is 0.545. The zero-order chi connectivity index (χ0) is 20.3. The van der Waals surface area contributed by atoms with Crippen molar-refractivity contribution in [2.24, 2.45) is 5.41 Å². The van der Waals surface area contributed by atoms with Crippen molar-refractivity contribution in [2.45, 2.75) is 32.1 Å². The second kappa shape index (κ2) is 8.42. The second-order valence-corrected chi connectivity index (χ2v) is 8.32. The molecular formula is C22H28N4O3. The van der Waals surface area contributed by atoms with Crippen molar-refractivity contribution in [1.82, 2.24) is 14.8 Å². The van der Waals surface area contributed by atoms with Crippen LogP contribution in [0.1, 0.15) is 36.9 Å². The number of pyridine rings is 1. The fraction of sp³-hybridized carbons (Fsp3) is 0.591. The van der Waals surface area contributed by atoms with Crippen LogP contribution in [-0.4, -0.2) is 67.2 Å². The zero-order valence-corrected chi connectivity index (χ0v) is 17.0. The monoisotopic (exact) mass is 396 g/mol. The first kappa shape index (κ1) is 19.7. The summed E-state index contributed by atoms with van der Waals surface area (Å²) < 4.78 is 10.5. The quantitative estimate of drug-likeness (QED) is 0.706. The van der Waals surface area contributed by atoms with Crippen LogP contribution < -0.4 is 4.74 Å². The predicted octanol–water partition coefficient (Wildman–Crippen LogP) is 2.12. The van der Waals surface area contributed by atoms with Gasteiger partial charge in [0.15, 0.2) is 0 Å². The summed E-state index contributed by atoms with van der Waals surface area (Å²) in [6, 6.07) is 3.77. The standard InChI is InChI=1S/C22H28N4O3/c1-28-20-12-18(14-23)24-15-17(20)2-7-25-8-3-22(4-9-25)5-10-26(11-6-22)19-13-21(27)29-16-19/h12-13,15H,2-11,16H2,1H3. The summed E-state index contributed by atoms with van der Waals surface area (Å²) >= 11 is 0. The smallest absolute Gasteiger partial charge is 0.333 e. The van der Waals surface area contributed by atoms with E-state index in [0.29, 0.717) is 17.7 Å². The van der Waals surface area contributed by atoms with Gasteiger partial charge >= 0.3 is 5.97 Å². The first-order valence-electron chi connectivity index (χ1n) is 10.4. The number of esters is 1. The van der Waals surface area contributed by atoms with Crippen molar-refractivity contribution in [1.29, 1.82) is 5.26 Å². The maximum Gasteiger partial charge on any atom is 0.333 e. The molecule has 3 aliphatic heterocycles. The minimum Gasteiger partial charge on any atom is -0.496 e. The molecule has 2 saturated heterocycles. The minimum absolute atomic E-state index is 0.206. The average molecular weight is 396 g/mol. The average Bonchev–Trinajstić information content (AvgIpc) is 3.20. The fourth-order valence-corrected chi connectivity index (χ4v) is 4.75. The van der Waals surface area contributed by atoms with Gasteiger partial charge in [0.2, 0.25) is 0 Å². The molecular weight excluding hydrogens is 368 g/mol. The first-order valence-corrected chi connectivity index (χ1v) is 10.4. The number of cyclic esters (lactones) is 1. The molecule has 0 unspecified atom stereocenters. The molecule has 0 bridgehead atoms. The molecule has 1 spiro atoms. The largest absolute Gasteiger partial charge is 0.496 e. The fourth-order valence-electron chi connectivity index (χ4n) is 4.75. The van der Waals surface area contributed by atoms with Crippen LogP contribution in [0.25, 0.3) is 0 Å². The van der Waals surface area contributed by atoms with E-state index < -0.39 is 0 Å². The van der Waals surface area contributed by atoms with Gasteiger partial charge in [0, 0.05) is 43.5 Å². The van der Waals surface area contributed by atoms with Crippen LogP contribution in [0.2, 0.25) is 0 Å². The lowest BCUT2D eigenvalue weighted by Gasteiger charge is -2.47. The molecule has 1 aromatic heterocycles. The third-order valence-electron chi connectivity index (χ3n) is 6.77. The van der Waals surface area contributed by atoms with Crippen LogP contribution in [0.3, 0.4) is 0 Å². The van der Waals surface area contributed by atoms with Crippen LogP contribution in [-0.2, 0) is 16.0 Å². The number of piperidine rings is 2. The van der Waals surface area contributed by atoms with Crippen LogP contribution in [0.5, 0.6) is 5.75 Å². The molecule has 0 N–H and O–H groups in total. The van der Waals surface area contributed by atoms with E-state index in [-0.39, 0.29) is 5.97 Å². The third kappa shape index (κ3) is 4.38. The van der Waals surface area contributed by atoms with E-state index in [4.69, 9.17) is 14.7 Å². The van der Waals surface area contributed by atoms with Gasteiger partial charge < -0.3 is 19.3 Å². The Hall–Kier alpha value is -2.59. The topological polar surface area (TPSA) is 78.7 Å². The molecule has 3 aliphatic rings. The molecule has 7 heteroatoms. The molecule has 0 aliphatic carbocycles. The lowest BCUT2D eigenvalue weighted by Crippen LogP contribution is -2.47. The Morgan fingerprint density at radius 3 is 2.59 bits per heavy atom. The highest BCUT2D eigenvalue weighted by Crippen LogP contribution is 2.42. The zero-order valence-electron chi connectivity index (χ0n) is 17.0. The van der Waals surface area contributed by atoms with Gasteiger partial charge in [0.05, 0.1) is 12.8 Å². The Bertz CT molecular complexity index is 827. The first-order chi connectivity index (χ1) is 14.1. The molecule has 0 saturated carbocycles. The Balaban J connectivity index is 1.26. The van der Waals surface area contributed by atoms with E-state index in [1.165, 1.54) is 25.7 Å². The summed E-state index contributed by atoms with van der Waals surface area (Å²) in [7, 11) is 1.64. The summed E-state index contributed by atoms with van der Waals surface area (Å²) in [4.78, 5) is 20.3. The number of aromatic nitrogens is 1. The highest BCUT2D eigenvalue weighted by atomic mass is 16.5. The minimum atomic E-state index is -0.206. The van der Waals surface area contributed by atoms with Gasteiger partial charge in [-0.2, -0.15) is 5.26 Å². The number of methoxy groups -OCH3 is 1. The van der Waals surface area contributed by atoms with E-state index in [1.54, 1.807) is 25.4 Å².